The normalized spacial score (nSPS) is 20.5. The molecule has 43 heavy (non-hydrogen) atoms. The third kappa shape index (κ3) is 6.26. The number of hydrogen-bond acceptors (Lipinski definition) is 7. The summed E-state index contributed by atoms with van der Waals surface area (Å²) in [6.45, 7) is 4.51. The number of carbonyl (C=O) groups excluding carboxylic acids is 3. The Morgan fingerprint density at radius 1 is 0.930 bits per heavy atom. The molecule has 0 saturated heterocycles. The van der Waals surface area contributed by atoms with Crippen molar-refractivity contribution >= 4 is 24.1 Å². The van der Waals surface area contributed by atoms with Crippen LogP contribution in [0.15, 0.2) is 83.4 Å². The van der Waals surface area contributed by atoms with Gasteiger partial charge < -0.3 is 18.9 Å². The topological polar surface area (TPSA) is 88.1 Å². The predicted octanol–water partition coefficient (Wildman–Crippen LogP) is 6.75. The third-order valence-corrected chi connectivity index (χ3v) is 8.24. The molecule has 3 aromatic rings. The van der Waals surface area contributed by atoms with Gasteiger partial charge in [0.2, 0.25) is 0 Å². The van der Waals surface area contributed by atoms with E-state index in [0.717, 1.165) is 28.5 Å². The monoisotopic (exact) mass is 580 g/mol. The molecule has 5 rings (SSSR count). The van der Waals surface area contributed by atoms with Gasteiger partial charge in [-0.1, -0.05) is 55.0 Å². The first-order valence-corrected chi connectivity index (χ1v) is 14.5. The van der Waals surface area contributed by atoms with E-state index in [1.165, 1.54) is 0 Å². The predicted molar refractivity (Wildman–Crippen MR) is 163 cm³/mol. The standard InChI is InChI=1S/C36H36O7/c1-5-42-36(39)32-22(2)16-27-18-28(35(38)34(27)33(32)26-12-15-30(40-3)31(19-26)41-4)17-23-10-13-29(14-11-23)43-21-25-8-6-24(20-37)7-9-25/h6-15,17,19-20,22,32-33H,5,16,18,21H2,1-4H3. The number of Topliss-reactive ketones (excluding diaryl/α,β-unsaturated/α-hetero) is 1. The molecule has 0 heterocycles. The first kappa shape index (κ1) is 29.8. The lowest BCUT2D eigenvalue weighted by Gasteiger charge is -2.36. The highest BCUT2D eigenvalue weighted by atomic mass is 16.5. The second-order valence-corrected chi connectivity index (χ2v) is 11.0. The molecule has 7 heteroatoms. The van der Waals surface area contributed by atoms with Gasteiger partial charge in [0, 0.05) is 22.6 Å². The minimum atomic E-state index is -0.494. The number of ether oxygens (including phenoxy) is 4. The second kappa shape index (κ2) is 13.1. The number of rotatable bonds is 10. The zero-order chi connectivity index (χ0) is 30.5. The molecule has 0 spiro atoms. The quantitative estimate of drug-likeness (QED) is 0.149. The van der Waals surface area contributed by atoms with E-state index in [2.05, 4.69) is 6.92 Å². The van der Waals surface area contributed by atoms with Crippen LogP contribution >= 0.6 is 0 Å². The molecule has 0 N–H and O–H groups in total. The van der Waals surface area contributed by atoms with E-state index in [4.69, 9.17) is 18.9 Å². The van der Waals surface area contributed by atoms with Gasteiger partial charge in [-0.2, -0.15) is 0 Å². The summed E-state index contributed by atoms with van der Waals surface area (Å²) >= 11 is 0. The zero-order valence-electron chi connectivity index (χ0n) is 24.9. The van der Waals surface area contributed by atoms with Crippen molar-refractivity contribution in [2.24, 2.45) is 11.8 Å². The van der Waals surface area contributed by atoms with Gasteiger partial charge in [-0.3, -0.25) is 14.4 Å². The fourth-order valence-corrected chi connectivity index (χ4v) is 6.17. The Hall–Kier alpha value is -4.65. The van der Waals surface area contributed by atoms with Crippen molar-refractivity contribution in [2.45, 2.75) is 39.2 Å². The van der Waals surface area contributed by atoms with Crippen molar-refractivity contribution in [1.29, 1.82) is 0 Å². The van der Waals surface area contributed by atoms with Gasteiger partial charge in [-0.15, -0.1) is 0 Å². The molecule has 0 amide bonds. The van der Waals surface area contributed by atoms with E-state index in [1.54, 1.807) is 33.3 Å². The van der Waals surface area contributed by atoms with Gasteiger partial charge in [0.25, 0.3) is 0 Å². The van der Waals surface area contributed by atoms with E-state index in [0.29, 0.717) is 53.4 Å². The van der Waals surface area contributed by atoms with Crippen molar-refractivity contribution in [2.75, 3.05) is 20.8 Å². The Morgan fingerprint density at radius 3 is 2.28 bits per heavy atom. The maximum atomic E-state index is 14.0. The number of methoxy groups -OCH3 is 2. The molecule has 222 valence electrons. The molecular formula is C36H36O7. The van der Waals surface area contributed by atoms with Crippen molar-refractivity contribution < 1.29 is 33.3 Å². The minimum absolute atomic E-state index is 0.00544. The van der Waals surface area contributed by atoms with E-state index < -0.39 is 11.8 Å². The zero-order valence-corrected chi connectivity index (χ0v) is 24.9. The lowest BCUT2D eigenvalue weighted by Crippen LogP contribution is -2.35. The fourth-order valence-electron chi connectivity index (χ4n) is 6.17. The molecule has 0 bridgehead atoms. The van der Waals surface area contributed by atoms with Crippen LogP contribution in [0.1, 0.15) is 59.7 Å². The van der Waals surface area contributed by atoms with Gasteiger partial charge in [-0.05, 0) is 72.7 Å². The number of ketones is 1. The number of benzene rings is 3. The largest absolute Gasteiger partial charge is 0.493 e. The van der Waals surface area contributed by atoms with Crippen molar-refractivity contribution in [1.82, 2.24) is 0 Å². The molecule has 0 fully saturated rings. The Kier molecular flexibility index (Phi) is 9.10. The first-order valence-electron chi connectivity index (χ1n) is 14.5. The SMILES string of the molecule is CCOC(=O)C1C(C)CC2=C(C(=O)C(=Cc3ccc(OCc4ccc(C=O)cc4)cc3)C2)C1c1ccc(OC)c(OC)c1. The van der Waals surface area contributed by atoms with Gasteiger partial charge in [0.05, 0.1) is 26.7 Å². The van der Waals surface area contributed by atoms with Crippen molar-refractivity contribution in [3.05, 3.63) is 106 Å². The maximum absolute atomic E-state index is 14.0. The van der Waals surface area contributed by atoms with Crippen molar-refractivity contribution in [3.8, 4) is 17.2 Å². The number of hydrogen-bond donors (Lipinski definition) is 0. The summed E-state index contributed by atoms with van der Waals surface area (Å²) in [5.74, 6) is 0.559. The van der Waals surface area contributed by atoms with Crippen LogP contribution < -0.4 is 14.2 Å². The van der Waals surface area contributed by atoms with E-state index >= 15 is 0 Å². The summed E-state index contributed by atoms with van der Waals surface area (Å²) in [4.78, 5) is 38.2. The summed E-state index contributed by atoms with van der Waals surface area (Å²) in [6, 6.07) is 20.5. The molecule has 3 atom stereocenters. The summed E-state index contributed by atoms with van der Waals surface area (Å²) in [7, 11) is 3.15. The van der Waals surface area contributed by atoms with Crippen LogP contribution in [-0.4, -0.2) is 38.9 Å². The van der Waals surface area contributed by atoms with Crippen LogP contribution in [0.5, 0.6) is 17.2 Å². The molecule has 0 aromatic heterocycles. The van der Waals surface area contributed by atoms with Crippen LogP contribution in [0.3, 0.4) is 0 Å². The minimum Gasteiger partial charge on any atom is -0.493 e. The van der Waals surface area contributed by atoms with Crippen LogP contribution in [-0.2, 0) is 20.9 Å². The Labute approximate surface area is 252 Å². The van der Waals surface area contributed by atoms with E-state index in [9.17, 15) is 14.4 Å². The highest BCUT2D eigenvalue weighted by Gasteiger charge is 2.47. The van der Waals surface area contributed by atoms with Gasteiger partial charge >= 0.3 is 5.97 Å². The van der Waals surface area contributed by atoms with Crippen LogP contribution in [0.2, 0.25) is 0 Å². The second-order valence-electron chi connectivity index (χ2n) is 11.0. The average Bonchev–Trinajstić information content (AvgIpc) is 3.33. The molecule has 0 radical (unpaired) electrons. The number of esters is 1. The van der Waals surface area contributed by atoms with Crippen LogP contribution in [0, 0.1) is 11.8 Å². The smallest absolute Gasteiger partial charge is 0.310 e. The first-order chi connectivity index (χ1) is 20.9. The molecule has 3 unspecified atom stereocenters. The number of allylic oxidation sites excluding steroid dienone is 3. The Morgan fingerprint density at radius 2 is 1.63 bits per heavy atom. The molecule has 2 aliphatic rings. The fraction of sp³-hybridized carbons (Fsp3) is 0.306. The Balaban J connectivity index is 1.40. The molecule has 3 aromatic carbocycles. The van der Waals surface area contributed by atoms with Gasteiger partial charge in [0.15, 0.2) is 17.3 Å². The molecule has 7 nitrogen and oxygen atoms in total. The highest BCUT2D eigenvalue weighted by Crippen LogP contribution is 2.52. The summed E-state index contributed by atoms with van der Waals surface area (Å²) in [5, 5.41) is 0. The lowest BCUT2D eigenvalue weighted by atomic mass is 9.67. The Bertz CT molecular complexity index is 1560. The lowest BCUT2D eigenvalue weighted by molar-refractivity contribution is -0.150. The van der Waals surface area contributed by atoms with Crippen LogP contribution in [0.25, 0.3) is 6.08 Å². The summed E-state index contributed by atoms with van der Waals surface area (Å²) < 4.78 is 22.4. The number of carbonyl (C=O) groups is 3. The van der Waals surface area contributed by atoms with Gasteiger partial charge in [0.1, 0.15) is 18.6 Å². The van der Waals surface area contributed by atoms with Crippen molar-refractivity contribution in [3.63, 3.8) is 0 Å². The summed E-state index contributed by atoms with van der Waals surface area (Å²) in [5.41, 5.74) is 5.77. The maximum Gasteiger partial charge on any atom is 0.310 e. The molecule has 0 saturated carbocycles. The molecule has 2 aliphatic carbocycles. The third-order valence-electron chi connectivity index (χ3n) is 8.24. The van der Waals surface area contributed by atoms with Crippen LogP contribution in [0.4, 0.5) is 0 Å². The average molecular weight is 581 g/mol. The van der Waals surface area contributed by atoms with E-state index in [-0.39, 0.29) is 24.3 Å². The van der Waals surface area contributed by atoms with Gasteiger partial charge in [-0.25, -0.2) is 0 Å². The molecular weight excluding hydrogens is 544 g/mol. The number of aldehydes is 1. The highest BCUT2D eigenvalue weighted by molar-refractivity contribution is 6.16. The van der Waals surface area contributed by atoms with E-state index in [1.807, 2.05) is 60.7 Å². The molecule has 0 aliphatic heterocycles. The summed E-state index contributed by atoms with van der Waals surface area (Å²) in [6.07, 6.45) is 3.95.